The highest BCUT2D eigenvalue weighted by molar-refractivity contribution is 5.69. The van der Waals surface area contributed by atoms with Gasteiger partial charge in [-0.15, -0.1) is 0 Å². The SMILES string of the molecule is CCOC(=O)CCCOc1cccc([C@]2(CN(C)C)CCCC[C@@H]2O)c1. The van der Waals surface area contributed by atoms with Crippen LogP contribution in [-0.2, 0) is 14.9 Å². The van der Waals surface area contributed by atoms with Crippen molar-refractivity contribution in [2.75, 3.05) is 33.9 Å². The van der Waals surface area contributed by atoms with E-state index < -0.39 is 0 Å². The number of aliphatic hydroxyl groups is 1. The molecule has 2 rings (SSSR count). The monoisotopic (exact) mass is 363 g/mol. The maximum atomic E-state index is 11.4. The molecule has 1 aromatic rings. The third-order valence-corrected chi connectivity index (χ3v) is 5.09. The van der Waals surface area contributed by atoms with Gasteiger partial charge in [0.1, 0.15) is 5.75 Å². The highest BCUT2D eigenvalue weighted by Gasteiger charge is 2.41. The van der Waals surface area contributed by atoms with Gasteiger partial charge in [0.2, 0.25) is 0 Å². The molecule has 1 saturated carbocycles. The zero-order valence-electron chi connectivity index (χ0n) is 16.4. The Kier molecular flexibility index (Phi) is 7.91. The largest absolute Gasteiger partial charge is 0.494 e. The Morgan fingerprint density at radius 3 is 2.85 bits per heavy atom. The molecule has 0 heterocycles. The zero-order valence-corrected chi connectivity index (χ0v) is 16.4. The van der Waals surface area contributed by atoms with Gasteiger partial charge < -0.3 is 19.5 Å². The summed E-state index contributed by atoms with van der Waals surface area (Å²) < 4.78 is 10.8. The Hall–Kier alpha value is -1.59. The summed E-state index contributed by atoms with van der Waals surface area (Å²) in [6.45, 7) is 3.52. The summed E-state index contributed by atoms with van der Waals surface area (Å²) in [4.78, 5) is 13.5. The Morgan fingerprint density at radius 1 is 1.35 bits per heavy atom. The molecule has 5 nitrogen and oxygen atoms in total. The molecule has 0 aromatic heterocycles. The molecule has 0 unspecified atom stereocenters. The van der Waals surface area contributed by atoms with Gasteiger partial charge >= 0.3 is 5.97 Å². The molecule has 26 heavy (non-hydrogen) atoms. The number of hydrogen-bond acceptors (Lipinski definition) is 5. The van der Waals surface area contributed by atoms with Gasteiger partial charge in [0.15, 0.2) is 0 Å². The standard InChI is InChI=1S/C21H33NO4/c1-4-25-20(24)12-8-14-26-18-10-7-9-17(15-18)21(16-22(2)3)13-6-5-11-19(21)23/h7,9-10,15,19,23H,4-6,8,11-14,16H2,1-3H3/t19-,21+/m0/s1. The molecule has 0 spiro atoms. The van der Waals surface area contributed by atoms with E-state index in [0.29, 0.717) is 26.1 Å². The minimum atomic E-state index is -0.335. The summed E-state index contributed by atoms with van der Waals surface area (Å²) in [6.07, 6.45) is 4.72. The van der Waals surface area contributed by atoms with Crippen molar-refractivity contribution in [2.24, 2.45) is 0 Å². The molecule has 1 aliphatic rings. The highest BCUT2D eigenvalue weighted by atomic mass is 16.5. The number of esters is 1. The number of likely N-dealkylation sites (N-methyl/N-ethyl adjacent to an activating group) is 1. The molecule has 0 amide bonds. The van der Waals surface area contributed by atoms with E-state index in [-0.39, 0.29) is 17.5 Å². The van der Waals surface area contributed by atoms with Crippen LogP contribution in [0, 0.1) is 0 Å². The molecule has 1 aliphatic carbocycles. The fraction of sp³-hybridized carbons (Fsp3) is 0.667. The lowest BCUT2D eigenvalue weighted by Gasteiger charge is -2.44. The molecule has 1 N–H and O–H groups in total. The summed E-state index contributed by atoms with van der Waals surface area (Å²) in [7, 11) is 4.11. The predicted octanol–water partition coefficient (Wildman–Crippen LogP) is 3.14. The smallest absolute Gasteiger partial charge is 0.305 e. The zero-order chi connectivity index (χ0) is 19.0. The van der Waals surface area contributed by atoms with Crippen LogP contribution in [0.5, 0.6) is 5.75 Å². The lowest BCUT2D eigenvalue weighted by atomic mass is 9.67. The van der Waals surface area contributed by atoms with Gasteiger partial charge in [-0.1, -0.05) is 25.0 Å². The third-order valence-electron chi connectivity index (χ3n) is 5.09. The normalized spacial score (nSPS) is 23.0. The molecule has 1 fully saturated rings. The van der Waals surface area contributed by atoms with Crippen molar-refractivity contribution in [3.05, 3.63) is 29.8 Å². The molecule has 0 radical (unpaired) electrons. The molecule has 0 bridgehead atoms. The van der Waals surface area contributed by atoms with Crippen LogP contribution in [0.2, 0.25) is 0 Å². The number of ether oxygens (including phenoxy) is 2. The van der Waals surface area contributed by atoms with E-state index in [1.54, 1.807) is 0 Å². The second-order valence-corrected chi connectivity index (χ2v) is 7.44. The van der Waals surface area contributed by atoms with Gasteiger partial charge in [-0.2, -0.15) is 0 Å². The first-order valence-electron chi connectivity index (χ1n) is 9.69. The van der Waals surface area contributed by atoms with Gasteiger partial charge in [-0.05, 0) is 58.0 Å². The first-order valence-corrected chi connectivity index (χ1v) is 9.69. The lowest BCUT2D eigenvalue weighted by molar-refractivity contribution is -0.143. The molecule has 2 atom stereocenters. The van der Waals surface area contributed by atoms with E-state index in [9.17, 15) is 9.90 Å². The molecular weight excluding hydrogens is 330 g/mol. The minimum absolute atomic E-state index is 0.180. The second kappa shape index (κ2) is 9.93. The first-order chi connectivity index (χ1) is 12.5. The average Bonchev–Trinajstić information content (AvgIpc) is 2.61. The number of nitrogens with zero attached hydrogens (tertiary/aromatic N) is 1. The molecule has 0 aliphatic heterocycles. The van der Waals surface area contributed by atoms with Gasteiger partial charge in [0.25, 0.3) is 0 Å². The van der Waals surface area contributed by atoms with Crippen LogP contribution < -0.4 is 4.74 Å². The van der Waals surface area contributed by atoms with Crippen molar-refractivity contribution >= 4 is 5.97 Å². The van der Waals surface area contributed by atoms with E-state index in [4.69, 9.17) is 9.47 Å². The number of carbonyl (C=O) groups excluding carboxylic acids is 1. The van der Waals surface area contributed by atoms with E-state index in [1.165, 1.54) is 0 Å². The van der Waals surface area contributed by atoms with Crippen LogP contribution in [0.15, 0.2) is 24.3 Å². The molecule has 1 aromatic carbocycles. The van der Waals surface area contributed by atoms with Crippen molar-refractivity contribution < 1.29 is 19.4 Å². The van der Waals surface area contributed by atoms with Gasteiger partial charge in [0.05, 0.1) is 19.3 Å². The van der Waals surface area contributed by atoms with Crippen LogP contribution in [0.25, 0.3) is 0 Å². The maximum absolute atomic E-state index is 11.4. The van der Waals surface area contributed by atoms with E-state index in [0.717, 1.165) is 43.5 Å². The topological polar surface area (TPSA) is 59.0 Å². The molecule has 0 saturated heterocycles. The van der Waals surface area contributed by atoms with Crippen LogP contribution in [0.1, 0.15) is 51.0 Å². The molecule has 5 heteroatoms. The van der Waals surface area contributed by atoms with Crippen LogP contribution in [-0.4, -0.2) is 55.9 Å². The average molecular weight is 363 g/mol. The summed E-state index contributed by atoms with van der Waals surface area (Å²) in [6, 6.07) is 8.09. The van der Waals surface area contributed by atoms with Gasteiger partial charge in [-0.25, -0.2) is 0 Å². The fourth-order valence-electron chi connectivity index (χ4n) is 3.93. The van der Waals surface area contributed by atoms with E-state index in [1.807, 2.05) is 19.1 Å². The maximum Gasteiger partial charge on any atom is 0.305 e. The Labute approximate surface area is 157 Å². The van der Waals surface area contributed by atoms with Crippen molar-refractivity contribution in [3.63, 3.8) is 0 Å². The van der Waals surface area contributed by atoms with Crippen molar-refractivity contribution in [1.82, 2.24) is 4.90 Å². The number of rotatable bonds is 9. The quantitative estimate of drug-likeness (QED) is 0.539. The Morgan fingerprint density at radius 2 is 2.15 bits per heavy atom. The van der Waals surface area contributed by atoms with Crippen molar-refractivity contribution in [3.8, 4) is 5.75 Å². The van der Waals surface area contributed by atoms with E-state index >= 15 is 0 Å². The van der Waals surface area contributed by atoms with Crippen LogP contribution in [0.3, 0.4) is 0 Å². The van der Waals surface area contributed by atoms with Crippen molar-refractivity contribution in [2.45, 2.75) is 57.0 Å². The number of aliphatic hydroxyl groups excluding tert-OH is 1. The predicted molar refractivity (Wildman–Crippen MR) is 103 cm³/mol. The summed E-state index contributed by atoms with van der Waals surface area (Å²) >= 11 is 0. The van der Waals surface area contributed by atoms with Crippen LogP contribution >= 0.6 is 0 Å². The van der Waals surface area contributed by atoms with Crippen LogP contribution in [0.4, 0.5) is 0 Å². The van der Waals surface area contributed by atoms with E-state index in [2.05, 4.69) is 31.1 Å². The third kappa shape index (κ3) is 5.45. The lowest BCUT2D eigenvalue weighted by Crippen LogP contribution is -2.49. The number of benzene rings is 1. The summed E-state index contributed by atoms with van der Waals surface area (Å²) in [5, 5.41) is 10.8. The molecule has 146 valence electrons. The first kappa shape index (κ1) is 20.7. The van der Waals surface area contributed by atoms with Gasteiger partial charge in [0, 0.05) is 18.4 Å². The minimum Gasteiger partial charge on any atom is -0.494 e. The Balaban J connectivity index is 2.04. The summed E-state index contributed by atoms with van der Waals surface area (Å²) in [5.74, 6) is 0.613. The highest BCUT2D eigenvalue weighted by Crippen LogP contribution is 2.41. The van der Waals surface area contributed by atoms with Crippen molar-refractivity contribution in [1.29, 1.82) is 0 Å². The molecular formula is C21H33NO4. The Bertz CT molecular complexity index is 575. The van der Waals surface area contributed by atoms with Gasteiger partial charge in [-0.3, -0.25) is 4.79 Å². The number of hydrogen-bond donors (Lipinski definition) is 1. The fourth-order valence-corrected chi connectivity index (χ4v) is 3.93. The number of carbonyl (C=O) groups is 1. The second-order valence-electron chi connectivity index (χ2n) is 7.44. The summed E-state index contributed by atoms with van der Waals surface area (Å²) in [5.41, 5.74) is 0.896.